The minimum absolute atomic E-state index is 0.000912. The van der Waals surface area contributed by atoms with Gasteiger partial charge in [0, 0.05) is 17.8 Å². The van der Waals surface area contributed by atoms with E-state index in [1.165, 1.54) is 27.5 Å². The van der Waals surface area contributed by atoms with E-state index in [0.717, 1.165) is 11.3 Å². The Bertz CT molecular complexity index is 1230. The molecule has 0 spiro atoms. The summed E-state index contributed by atoms with van der Waals surface area (Å²) < 4.78 is 3.23. The lowest BCUT2D eigenvalue weighted by molar-refractivity contribution is 0.102. The third kappa shape index (κ3) is 3.22. The monoisotopic (exact) mass is 393 g/mol. The standard InChI is InChI=1S/C20H19N5O2S/c1-12-4-6-15(7-5-12)11-25-14(3)17(13(2)23-25)22-18(26)16-10-21-20-24(19(16)27)8-9-28-20/h4-10H,11H2,1-3H3,(H,22,26). The molecule has 28 heavy (non-hydrogen) atoms. The lowest BCUT2D eigenvalue weighted by Crippen LogP contribution is -2.26. The molecule has 0 aliphatic rings. The zero-order valence-corrected chi connectivity index (χ0v) is 16.6. The van der Waals surface area contributed by atoms with Crippen molar-refractivity contribution in [2.45, 2.75) is 27.3 Å². The normalized spacial score (nSPS) is 11.1. The van der Waals surface area contributed by atoms with Crippen LogP contribution in [0.1, 0.15) is 32.9 Å². The predicted molar refractivity (Wildman–Crippen MR) is 109 cm³/mol. The topological polar surface area (TPSA) is 81.3 Å². The quantitative estimate of drug-likeness (QED) is 0.577. The Morgan fingerprint density at radius 3 is 2.68 bits per heavy atom. The molecule has 0 bridgehead atoms. The Morgan fingerprint density at radius 1 is 1.18 bits per heavy atom. The largest absolute Gasteiger partial charge is 0.319 e. The summed E-state index contributed by atoms with van der Waals surface area (Å²) in [5.41, 5.74) is 4.09. The van der Waals surface area contributed by atoms with Gasteiger partial charge in [0.05, 0.1) is 23.6 Å². The molecule has 1 aromatic carbocycles. The Kier molecular flexibility index (Phi) is 4.56. The van der Waals surface area contributed by atoms with Crippen molar-refractivity contribution in [3.8, 4) is 0 Å². The van der Waals surface area contributed by atoms with Crippen LogP contribution in [0.4, 0.5) is 5.69 Å². The van der Waals surface area contributed by atoms with Crippen molar-refractivity contribution in [3.63, 3.8) is 0 Å². The fourth-order valence-electron chi connectivity index (χ4n) is 3.06. The van der Waals surface area contributed by atoms with Gasteiger partial charge in [0.15, 0.2) is 4.96 Å². The summed E-state index contributed by atoms with van der Waals surface area (Å²) in [6.07, 6.45) is 2.94. The molecule has 0 saturated carbocycles. The molecule has 0 atom stereocenters. The summed E-state index contributed by atoms with van der Waals surface area (Å²) in [5, 5.41) is 9.14. The molecular formula is C20H19N5O2S. The first-order chi connectivity index (χ1) is 13.4. The highest BCUT2D eigenvalue weighted by Crippen LogP contribution is 2.21. The van der Waals surface area contributed by atoms with Gasteiger partial charge in [-0.1, -0.05) is 29.8 Å². The molecule has 1 amide bonds. The van der Waals surface area contributed by atoms with Crippen molar-refractivity contribution in [2.75, 3.05) is 5.32 Å². The summed E-state index contributed by atoms with van der Waals surface area (Å²) in [7, 11) is 0. The SMILES string of the molecule is Cc1ccc(Cn2nc(C)c(NC(=O)c3cnc4sccn4c3=O)c2C)cc1. The van der Waals surface area contributed by atoms with Crippen molar-refractivity contribution in [1.29, 1.82) is 0 Å². The van der Waals surface area contributed by atoms with Crippen LogP contribution < -0.4 is 10.9 Å². The molecule has 0 aliphatic heterocycles. The van der Waals surface area contributed by atoms with Crippen molar-refractivity contribution in [1.82, 2.24) is 19.2 Å². The van der Waals surface area contributed by atoms with Crippen molar-refractivity contribution < 1.29 is 4.79 Å². The van der Waals surface area contributed by atoms with E-state index in [2.05, 4.69) is 39.7 Å². The first kappa shape index (κ1) is 18.1. The van der Waals surface area contributed by atoms with Crippen LogP contribution in [0.3, 0.4) is 0 Å². The molecule has 7 nitrogen and oxygen atoms in total. The molecule has 3 aromatic heterocycles. The number of nitrogens with zero attached hydrogens (tertiary/aromatic N) is 4. The number of nitrogens with one attached hydrogen (secondary N) is 1. The highest BCUT2D eigenvalue weighted by Gasteiger charge is 2.19. The van der Waals surface area contributed by atoms with Gasteiger partial charge in [0.25, 0.3) is 11.5 Å². The van der Waals surface area contributed by atoms with Crippen LogP contribution in [0.5, 0.6) is 0 Å². The number of aryl methyl sites for hydroxylation is 2. The lowest BCUT2D eigenvalue weighted by Gasteiger charge is -2.07. The summed E-state index contributed by atoms with van der Waals surface area (Å²) in [6, 6.07) is 8.24. The smallest absolute Gasteiger partial charge is 0.271 e. The first-order valence-electron chi connectivity index (χ1n) is 8.80. The number of fused-ring (bicyclic) bond motifs is 1. The molecule has 0 radical (unpaired) electrons. The average molecular weight is 393 g/mol. The summed E-state index contributed by atoms with van der Waals surface area (Å²) in [4.78, 5) is 30.0. The zero-order valence-electron chi connectivity index (χ0n) is 15.8. The van der Waals surface area contributed by atoms with E-state index in [-0.39, 0.29) is 11.1 Å². The third-order valence-corrected chi connectivity index (χ3v) is 5.43. The second-order valence-electron chi connectivity index (χ2n) is 6.68. The van der Waals surface area contributed by atoms with E-state index in [0.29, 0.717) is 22.9 Å². The maximum absolute atomic E-state index is 12.7. The molecule has 0 saturated heterocycles. The number of carbonyl (C=O) groups excluding carboxylic acids is 1. The second-order valence-corrected chi connectivity index (χ2v) is 7.55. The number of rotatable bonds is 4. The minimum atomic E-state index is -0.487. The maximum atomic E-state index is 12.7. The number of aromatic nitrogens is 4. The van der Waals surface area contributed by atoms with E-state index in [4.69, 9.17) is 0 Å². The minimum Gasteiger partial charge on any atom is -0.319 e. The second kappa shape index (κ2) is 7.05. The average Bonchev–Trinajstić information content (AvgIpc) is 3.25. The van der Waals surface area contributed by atoms with Crippen LogP contribution in [-0.2, 0) is 6.54 Å². The number of thiazole rings is 1. The Labute approximate surface area is 165 Å². The van der Waals surface area contributed by atoms with Crippen molar-refractivity contribution in [3.05, 3.63) is 80.5 Å². The van der Waals surface area contributed by atoms with E-state index in [1.54, 1.807) is 11.6 Å². The van der Waals surface area contributed by atoms with E-state index >= 15 is 0 Å². The summed E-state index contributed by atoms with van der Waals surface area (Å²) in [6.45, 7) is 6.39. The molecule has 0 aliphatic carbocycles. The number of anilines is 1. The lowest BCUT2D eigenvalue weighted by atomic mass is 10.1. The van der Waals surface area contributed by atoms with Crippen LogP contribution >= 0.6 is 11.3 Å². The van der Waals surface area contributed by atoms with Crippen LogP contribution in [-0.4, -0.2) is 25.1 Å². The number of benzene rings is 1. The van der Waals surface area contributed by atoms with Crippen molar-refractivity contribution >= 4 is 27.9 Å². The number of hydrogen-bond acceptors (Lipinski definition) is 5. The predicted octanol–water partition coefficient (Wildman–Crippen LogP) is 3.18. The summed E-state index contributed by atoms with van der Waals surface area (Å²) >= 11 is 1.34. The van der Waals surface area contributed by atoms with Gasteiger partial charge in [-0.15, -0.1) is 11.3 Å². The van der Waals surface area contributed by atoms with E-state index in [1.807, 2.05) is 25.5 Å². The zero-order chi connectivity index (χ0) is 19.8. The van der Waals surface area contributed by atoms with E-state index < -0.39 is 5.91 Å². The Morgan fingerprint density at radius 2 is 1.93 bits per heavy atom. The number of amides is 1. The van der Waals surface area contributed by atoms with Crippen molar-refractivity contribution in [2.24, 2.45) is 0 Å². The molecule has 8 heteroatoms. The van der Waals surface area contributed by atoms with Gasteiger partial charge in [-0.2, -0.15) is 5.10 Å². The van der Waals surface area contributed by atoms with Gasteiger partial charge in [-0.05, 0) is 26.3 Å². The molecule has 4 aromatic rings. The van der Waals surface area contributed by atoms with Gasteiger partial charge in [-0.3, -0.25) is 18.7 Å². The first-order valence-corrected chi connectivity index (χ1v) is 9.68. The molecule has 0 unspecified atom stereocenters. The van der Waals surface area contributed by atoms with Gasteiger partial charge >= 0.3 is 0 Å². The molecule has 3 heterocycles. The van der Waals surface area contributed by atoms with E-state index in [9.17, 15) is 9.59 Å². The highest BCUT2D eigenvalue weighted by molar-refractivity contribution is 7.15. The molecule has 0 fully saturated rings. The van der Waals surface area contributed by atoms with Crippen LogP contribution in [0.2, 0.25) is 0 Å². The summed E-state index contributed by atoms with van der Waals surface area (Å²) in [5.74, 6) is -0.487. The van der Waals surface area contributed by atoms with Gasteiger partial charge in [0.1, 0.15) is 5.56 Å². The number of carbonyl (C=O) groups is 1. The maximum Gasteiger partial charge on any atom is 0.271 e. The molecule has 1 N–H and O–H groups in total. The van der Waals surface area contributed by atoms with Crippen LogP contribution in [0, 0.1) is 20.8 Å². The van der Waals surface area contributed by atoms with Gasteiger partial charge in [-0.25, -0.2) is 4.98 Å². The fraction of sp³-hybridized carbons (Fsp3) is 0.200. The molecule has 4 rings (SSSR count). The molecule has 142 valence electrons. The third-order valence-electron chi connectivity index (χ3n) is 4.66. The molecular weight excluding hydrogens is 374 g/mol. The Balaban J connectivity index is 1.61. The highest BCUT2D eigenvalue weighted by atomic mass is 32.1. The van der Waals surface area contributed by atoms with Gasteiger partial charge in [0.2, 0.25) is 0 Å². The number of hydrogen-bond donors (Lipinski definition) is 1. The van der Waals surface area contributed by atoms with Crippen LogP contribution in [0.25, 0.3) is 4.96 Å². The fourth-order valence-corrected chi connectivity index (χ4v) is 3.73. The van der Waals surface area contributed by atoms with Crippen LogP contribution in [0.15, 0.2) is 46.8 Å². The van der Waals surface area contributed by atoms with Gasteiger partial charge < -0.3 is 5.32 Å². The Hall–Kier alpha value is -3.26.